The fraction of sp³-hybridized carbons (Fsp3) is 0.227. The Hall–Kier alpha value is -3.52. The van der Waals surface area contributed by atoms with Gasteiger partial charge in [0.1, 0.15) is 5.69 Å². The number of aromatic nitrogens is 2. The van der Waals surface area contributed by atoms with Crippen LogP contribution in [0.2, 0.25) is 0 Å². The van der Waals surface area contributed by atoms with E-state index in [4.69, 9.17) is 5.26 Å². The van der Waals surface area contributed by atoms with Crippen molar-refractivity contribution in [2.24, 2.45) is 0 Å². The number of hydrogen-bond acceptors (Lipinski definition) is 4. The zero-order valence-electron chi connectivity index (χ0n) is 16.7. The van der Waals surface area contributed by atoms with E-state index in [1.807, 2.05) is 0 Å². The Labute approximate surface area is 193 Å². The molecule has 33 heavy (non-hydrogen) atoms. The lowest BCUT2D eigenvalue weighted by atomic mass is 10.1. The molecule has 2 aliphatic heterocycles. The summed E-state index contributed by atoms with van der Waals surface area (Å²) < 4.78 is 43.1. The van der Waals surface area contributed by atoms with E-state index in [0.29, 0.717) is 18.1 Å². The molecule has 11 heteroatoms. The maximum Gasteiger partial charge on any atom is 0.417 e. The number of benzene rings is 2. The molecule has 7 nitrogen and oxygen atoms in total. The molecule has 1 aromatic heterocycles. The van der Waals surface area contributed by atoms with Crippen LogP contribution < -0.4 is 5.69 Å². The number of rotatable bonds is 2. The Morgan fingerprint density at radius 3 is 2.64 bits per heavy atom. The molecule has 2 atom stereocenters. The van der Waals surface area contributed by atoms with Gasteiger partial charge in [0, 0.05) is 16.6 Å². The van der Waals surface area contributed by atoms with E-state index in [2.05, 4.69) is 15.9 Å². The number of likely N-dealkylation sites (tertiary alicyclic amines) is 1. The monoisotopic (exact) mass is 518 g/mol. The minimum absolute atomic E-state index is 0.192. The quantitative estimate of drug-likeness (QED) is 0.551. The number of nitriles is 1. The molecular weight excluding hydrogens is 505 g/mol. The number of hydrogen-bond donors (Lipinski definition) is 1. The van der Waals surface area contributed by atoms with E-state index < -0.39 is 41.0 Å². The van der Waals surface area contributed by atoms with Gasteiger partial charge in [0.2, 0.25) is 5.88 Å². The third-order valence-corrected chi connectivity index (χ3v) is 6.57. The Bertz CT molecular complexity index is 1420. The van der Waals surface area contributed by atoms with Crippen LogP contribution in [0.5, 0.6) is 5.88 Å². The number of carbonyl (C=O) groups is 1. The fourth-order valence-corrected chi connectivity index (χ4v) is 5.09. The molecule has 1 fully saturated rings. The van der Waals surface area contributed by atoms with Crippen molar-refractivity contribution in [1.82, 2.24) is 14.0 Å². The predicted octanol–water partition coefficient (Wildman–Crippen LogP) is 4.14. The first kappa shape index (κ1) is 21.3. The minimum Gasteiger partial charge on any atom is -0.493 e. The fourth-order valence-electron chi connectivity index (χ4n) is 4.69. The van der Waals surface area contributed by atoms with Crippen LogP contribution in [0.25, 0.3) is 5.69 Å². The van der Waals surface area contributed by atoms with Gasteiger partial charge >= 0.3 is 11.9 Å². The van der Waals surface area contributed by atoms with Crippen LogP contribution in [-0.2, 0) is 6.18 Å². The maximum absolute atomic E-state index is 13.4. The summed E-state index contributed by atoms with van der Waals surface area (Å²) in [6, 6.07) is 10.1. The Morgan fingerprint density at radius 2 is 1.97 bits per heavy atom. The average Bonchev–Trinajstić information content (AvgIpc) is 3.43. The van der Waals surface area contributed by atoms with E-state index in [-0.39, 0.29) is 23.8 Å². The summed E-state index contributed by atoms with van der Waals surface area (Å²) in [6.45, 7) is 0.244. The zero-order valence-corrected chi connectivity index (χ0v) is 18.3. The SMILES string of the molecule is N#Cc1ccc(-n2c(O)c3n(c2=O)[C@H]2C[C@@H]3N(C(=O)c3cccc(Br)c3)C2)cc1C(F)(F)F. The van der Waals surface area contributed by atoms with Crippen molar-refractivity contribution >= 4 is 21.8 Å². The molecule has 0 unspecified atom stereocenters. The molecule has 1 amide bonds. The molecule has 0 saturated carbocycles. The highest BCUT2D eigenvalue weighted by molar-refractivity contribution is 9.10. The first-order chi connectivity index (χ1) is 15.6. The second-order valence-electron chi connectivity index (χ2n) is 7.91. The highest BCUT2D eigenvalue weighted by Crippen LogP contribution is 2.49. The molecular formula is C22H14BrF3N4O3. The summed E-state index contributed by atoms with van der Waals surface area (Å²) in [6.07, 6.45) is -4.38. The van der Waals surface area contributed by atoms with Gasteiger partial charge in [-0.05, 0) is 42.8 Å². The number of carbonyl (C=O) groups excluding carboxylic acids is 1. The van der Waals surface area contributed by atoms with Gasteiger partial charge in [-0.1, -0.05) is 22.0 Å². The number of fused-ring (bicyclic) bond motifs is 5. The number of aromatic hydroxyl groups is 1. The van der Waals surface area contributed by atoms with E-state index in [1.54, 1.807) is 29.2 Å². The van der Waals surface area contributed by atoms with Gasteiger partial charge in [-0.25, -0.2) is 9.36 Å². The van der Waals surface area contributed by atoms with Crippen LogP contribution in [0.3, 0.4) is 0 Å². The van der Waals surface area contributed by atoms with Gasteiger partial charge in [0.15, 0.2) is 0 Å². The van der Waals surface area contributed by atoms with Gasteiger partial charge in [0.25, 0.3) is 5.91 Å². The highest BCUT2D eigenvalue weighted by Gasteiger charge is 2.49. The molecule has 1 saturated heterocycles. The lowest BCUT2D eigenvalue weighted by Gasteiger charge is -2.27. The summed E-state index contributed by atoms with van der Waals surface area (Å²) in [5.74, 6) is -0.788. The third-order valence-electron chi connectivity index (χ3n) is 6.08. The summed E-state index contributed by atoms with van der Waals surface area (Å²) >= 11 is 3.33. The number of halogens is 4. The first-order valence-electron chi connectivity index (χ1n) is 9.86. The van der Waals surface area contributed by atoms with Gasteiger partial charge < -0.3 is 10.0 Å². The van der Waals surface area contributed by atoms with Crippen molar-refractivity contribution in [2.75, 3.05) is 6.54 Å². The molecule has 0 radical (unpaired) electrons. The van der Waals surface area contributed by atoms with E-state index in [0.717, 1.165) is 15.1 Å². The zero-order chi connectivity index (χ0) is 23.7. The Morgan fingerprint density at radius 1 is 1.21 bits per heavy atom. The standard InChI is InChI=1S/C22H14BrF3N4O3/c23-13-3-1-2-11(6-13)19(31)28-10-15-8-17(28)18-20(32)30(21(33)29(15)18)14-5-4-12(9-27)16(7-14)22(24,25)26/h1-7,15,17,32H,8,10H2/t15-,17-/m0/s1. The Balaban J connectivity index is 1.58. The van der Waals surface area contributed by atoms with Crippen LogP contribution in [-0.4, -0.2) is 31.6 Å². The maximum atomic E-state index is 13.4. The largest absolute Gasteiger partial charge is 0.493 e. The smallest absolute Gasteiger partial charge is 0.417 e. The molecule has 2 aromatic carbocycles. The van der Waals surface area contributed by atoms with Crippen LogP contribution in [0.4, 0.5) is 13.2 Å². The van der Waals surface area contributed by atoms with Gasteiger partial charge in [0.05, 0.1) is 35.0 Å². The molecule has 2 bridgehead atoms. The molecule has 2 aliphatic rings. The summed E-state index contributed by atoms with van der Waals surface area (Å²) in [7, 11) is 0. The van der Waals surface area contributed by atoms with Crippen LogP contribution in [0.15, 0.2) is 51.7 Å². The number of alkyl halides is 3. The van der Waals surface area contributed by atoms with Crippen molar-refractivity contribution in [3.63, 3.8) is 0 Å². The van der Waals surface area contributed by atoms with Crippen molar-refractivity contribution in [3.05, 3.63) is 79.8 Å². The van der Waals surface area contributed by atoms with E-state index in [9.17, 15) is 27.9 Å². The van der Waals surface area contributed by atoms with Crippen molar-refractivity contribution in [3.8, 4) is 17.6 Å². The lowest BCUT2D eigenvalue weighted by molar-refractivity contribution is -0.137. The highest BCUT2D eigenvalue weighted by atomic mass is 79.9. The van der Waals surface area contributed by atoms with Gasteiger partial charge in [-0.3, -0.25) is 9.36 Å². The second kappa shape index (κ2) is 7.25. The lowest BCUT2D eigenvalue weighted by Crippen LogP contribution is -2.37. The van der Waals surface area contributed by atoms with E-state index in [1.165, 1.54) is 16.7 Å². The van der Waals surface area contributed by atoms with Gasteiger partial charge in [-0.15, -0.1) is 0 Å². The summed E-state index contributed by atoms with van der Waals surface area (Å²) in [5, 5.41) is 19.9. The second-order valence-corrected chi connectivity index (χ2v) is 8.83. The van der Waals surface area contributed by atoms with E-state index >= 15 is 0 Å². The summed E-state index contributed by atoms with van der Waals surface area (Å²) in [4.78, 5) is 27.7. The van der Waals surface area contributed by atoms with Crippen molar-refractivity contribution < 1.29 is 23.1 Å². The topological polar surface area (TPSA) is 91.3 Å². The van der Waals surface area contributed by atoms with Crippen molar-refractivity contribution in [2.45, 2.75) is 24.7 Å². The predicted molar refractivity (Wildman–Crippen MR) is 113 cm³/mol. The minimum atomic E-state index is -4.81. The molecule has 3 heterocycles. The normalized spacial score (nSPS) is 18.9. The first-order valence-corrected chi connectivity index (χ1v) is 10.7. The molecule has 168 valence electrons. The number of nitrogens with zero attached hydrogens (tertiary/aromatic N) is 4. The molecule has 0 spiro atoms. The molecule has 1 N–H and O–H groups in total. The third kappa shape index (κ3) is 3.16. The van der Waals surface area contributed by atoms with Crippen molar-refractivity contribution in [1.29, 1.82) is 5.26 Å². The number of amides is 1. The summed E-state index contributed by atoms with van der Waals surface area (Å²) in [5.41, 5.74) is -2.06. The van der Waals surface area contributed by atoms with Gasteiger partial charge in [-0.2, -0.15) is 18.4 Å². The number of imidazole rings is 1. The molecule has 0 aliphatic carbocycles. The van der Waals surface area contributed by atoms with Crippen LogP contribution >= 0.6 is 15.9 Å². The Kier molecular flexibility index (Phi) is 4.68. The molecule has 3 aromatic rings. The molecule has 5 rings (SSSR count). The average molecular weight is 519 g/mol. The van der Waals surface area contributed by atoms with Crippen LogP contribution in [0, 0.1) is 11.3 Å². The van der Waals surface area contributed by atoms with Crippen LogP contribution in [0.1, 0.15) is 45.7 Å².